The summed E-state index contributed by atoms with van der Waals surface area (Å²) in [5, 5.41) is 19.2. The number of hydrogen-bond donors (Lipinski definition) is 1. The summed E-state index contributed by atoms with van der Waals surface area (Å²) < 4.78 is 14.3. The maximum atomic E-state index is 14.9. The van der Waals surface area contributed by atoms with Crippen LogP contribution in [0.25, 0.3) is 11.0 Å². The minimum Gasteiger partial charge on any atom is -0.465 e. The van der Waals surface area contributed by atoms with Crippen LogP contribution in [0.4, 0.5) is 0 Å². The zero-order valence-corrected chi connectivity index (χ0v) is 26.8. The van der Waals surface area contributed by atoms with Gasteiger partial charge in [-0.15, -0.1) is 18.3 Å². The Morgan fingerprint density at radius 2 is 2.00 bits per heavy atom. The number of rotatable bonds is 16. The third-order valence-corrected chi connectivity index (χ3v) is 10.4. The topological polar surface area (TPSA) is 127 Å². The summed E-state index contributed by atoms with van der Waals surface area (Å²) in [6.07, 6.45) is 8.00. The van der Waals surface area contributed by atoms with Crippen LogP contribution in [0.2, 0.25) is 0 Å². The normalized spacial score (nSPS) is 28.2. The molecule has 3 aliphatic rings. The average Bonchev–Trinajstić information content (AvgIpc) is 3.78. The van der Waals surface area contributed by atoms with Crippen molar-refractivity contribution in [1.82, 2.24) is 24.8 Å². The minimum absolute atomic E-state index is 0.0763. The predicted octanol–water partition coefficient (Wildman–Crippen LogP) is 3.86. The summed E-state index contributed by atoms with van der Waals surface area (Å²) in [6, 6.07) is 5.82. The number of carbonyl (C=O) groups is 3. The van der Waals surface area contributed by atoms with Crippen molar-refractivity contribution in [3.05, 3.63) is 49.6 Å². The fourth-order valence-corrected chi connectivity index (χ4v) is 7.85. The number of likely N-dealkylation sites (tertiary alicyclic amines) is 1. The molecule has 11 nitrogen and oxygen atoms in total. The van der Waals surface area contributed by atoms with Crippen LogP contribution in [0.3, 0.4) is 0 Å². The van der Waals surface area contributed by atoms with Crippen LogP contribution in [-0.2, 0) is 30.5 Å². The lowest BCUT2D eigenvalue weighted by atomic mass is 9.65. The Hall–Kier alpha value is -3.57. The van der Waals surface area contributed by atoms with Gasteiger partial charge in [0.2, 0.25) is 11.8 Å². The highest BCUT2D eigenvalue weighted by molar-refractivity contribution is 5.98. The van der Waals surface area contributed by atoms with Crippen LogP contribution in [0.5, 0.6) is 0 Å². The third kappa shape index (κ3) is 5.48. The molecule has 5 rings (SSSR count). The molecule has 0 aliphatic carbocycles. The summed E-state index contributed by atoms with van der Waals surface area (Å²) in [4.78, 5) is 46.5. The molecule has 1 N–H and O–H groups in total. The molecule has 7 atom stereocenters. The number of ether oxygens (including phenoxy) is 2. The standard InChI is InChI=1S/C34H47N5O6/c1-6-10-11-14-20-44-32(43)28-27-30(41)39(26(21-40)23(5)8-3)29(34(27)18-17-33(28,9-4)45-34)31(42)37(19-7-2)22-38-25-16-13-12-15-24(25)35-36-38/h6-7,12-13,15-16,23,26-29,40H,1-2,8-11,14,17-22H2,3-5H3/t23-,26-,27-,28+,29?,33-,34?/m0/s1. The molecule has 2 unspecified atom stereocenters. The van der Waals surface area contributed by atoms with E-state index in [1.54, 1.807) is 20.6 Å². The van der Waals surface area contributed by atoms with E-state index in [0.717, 1.165) is 18.4 Å². The molecule has 244 valence electrons. The van der Waals surface area contributed by atoms with Gasteiger partial charge in [0.15, 0.2) is 0 Å². The van der Waals surface area contributed by atoms with E-state index in [-0.39, 0.29) is 44.2 Å². The van der Waals surface area contributed by atoms with Gasteiger partial charge in [-0.1, -0.05) is 56.7 Å². The molecule has 45 heavy (non-hydrogen) atoms. The number of para-hydroxylation sites is 1. The number of allylic oxidation sites excluding steroid dienone is 1. The van der Waals surface area contributed by atoms with Gasteiger partial charge < -0.3 is 24.4 Å². The number of unbranched alkanes of at least 4 members (excludes halogenated alkanes) is 2. The second-order valence-electron chi connectivity index (χ2n) is 12.7. The Morgan fingerprint density at radius 3 is 2.69 bits per heavy atom. The van der Waals surface area contributed by atoms with E-state index in [0.29, 0.717) is 37.6 Å². The molecular weight excluding hydrogens is 574 g/mol. The molecule has 0 radical (unpaired) electrons. The molecule has 2 bridgehead atoms. The molecule has 3 saturated heterocycles. The van der Waals surface area contributed by atoms with Gasteiger partial charge in [0.05, 0.1) is 36.3 Å². The SMILES string of the molecule is C=CCCCCOC(=O)[C@H]1[C@H]2C(=O)N([C@@H](CO)[C@@H](C)CC)C(C(=O)N(CC=C)Cn3nnc4ccccc43)C23CC[C@]1(CC)O3. The van der Waals surface area contributed by atoms with Crippen LogP contribution in [0, 0.1) is 17.8 Å². The van der Waals surface area contributed by atoms with E-state index in [4.69, 9.17) is 9.47 Å². The van der Waals surface area contributed by atoms with Crippen LogP contribution >= 0.6 is 0 Å². The molecule has 1 aromatic heterocycles. The number of aromatic nitrogens is 3. The Balaban J connectivity index is 1.55. The van der Waals surface area contributed by atoms with Crippen LogP contribution in [0.1, 0.15) is 65.7 Å². The highest BCUT2D eigenvalue weighted by Crippen LogP contribution is 2.65. The predicted molar refractivity (Wildman–Crippen MR) is 168 cm³/mol. The smallest absolute Gasteiger partial charge is 0.312 e. The van der Waals surface area contributed by atoms with E-state index >= 15 is 0 Å². The maximum absolute atomic E-state index is 14.9. The summed E-state index contributed by atoms with van der Waals surface area (Å²) in [7, 11) is 0. The highest BCUT2D eigenvalue weighted by atomic mass is 16.6. The fraction of sp³-hybridized carbons (Fsp3) is 0.618. The molecule has 1 aromatic carbocycles. The van der Waals surface area contributed by atoms with Crippen molar-refractivity contribution >= 4 is 28.8 Å². The van der Waals surface area contributed by atoms with Gasteiger partial charge in [0, 0.05) is 6.54 Å². The Morgan fingerprint density at radius 1 is 1.22 bits per heavy atom. The number of hydrogen-bond acceptors (Lipinski definition) is 8. The summed E-state index contributed by atoms with van der Waals surface area (Å²) >= 11 is 0. The Labute approximate surface area is 265 Å². The van der Waals surface area contributed by atoms with Crippen LogP contribution < -0.4 is 0 Å². The molecule has 0 saturated carbocycles. The van der Waals surface area contributed by atoms with Gasteiger partial charge in [0.1, 0.15) is 29.7 Å². The highest BCUT2D eigenvalue weighted by Gasteiger charge is 2.79. The molecule has 4 heterocycles. The molecular formula is C34H47N5O6. The van der Waals surface area contributed by atoms with Crippen molar-refractivity contribution in [3.63, 3.8) is 0 Å². The first-order chi connectivity index (χ1) is 21.7. The number of esters is 1. The molecule has 3 fully saturated rings. The second-order valence-corrected chi connectivity index (χ2v) is 12.7. The molecule has 11 heteroatoms. The van der Waals surface area contributed by atoms with Crippen molar-refractivity contribution in [2.75, 3.05) is 19.8 Å². The van der Waals surface area contributed by atoms with Gasteiger partial charge >= 0.3 is 5.97 Å². The zero-order valence-electron chi connectivity index (χ0n) is 26.8. The summed E-state index contributed by atoms with van der Waals surface area (Å²) in [5.74, 6) is -2.96. The van der Waals surface area contributed by atoms with E-state index in [9.17, 15) is 19.5 Å². The van der Waals surface area contributed by atoms with Crippen molar-refractivity contribution in [1.29, 1.82) is 0 Å². The molecule has 2 amide bonds. The Kier molecular flexibility index (Phi) is 9.79. The summed E-state index contributed by atoms with van der Waals surface area (Å²) in [6.45, 7) is 13.7. The number of aliphatic hydroxyl groups excluding tert-OH is 1. The molecule has 3 aliphatic heterocycles. The Bertz CT molecular complexity index is 1430. The van der Waals surface area contributed by atoms with Crippen molar-refractivity contribution in [2.24, 2.45) is 17.8 Å². The lowest BCUT2D eigenvalue weighted by Crippen LogP contribution is -2.60. The first-order valence-corrected chi connectivity index (χ1v) is 16.3. The number of aliphatic hydroxyl groups is 1. The van der Waals surface area contributed by atoms with Gasteiger partial charge in [-0.3, -0.25) is 14.4 Å². The average molecular weight is 622 g/mol. The lowest BCUT2D eigenvalue weighted by Gasteiger charge is -2.41. The number of carbonyl (C=O) groups excluding carboxylic acids is 3. The number of benzene rings is 1. The lowest BCUT2D eigenvalue weighted by molar-refractivity contribution is -0.164. The number of fused-ring (bicyclic) bond motifs is 2. The third-order valence-electron chi connectivity index (χ3n) is 10.4. The molecule has 2 aromatic rings. The van der Waals surface area contributed by atoms with Gasteiger partial charge in [-0.25, -0.2) is 4.68 Å². The number of amides is 2. The van der Waals surface area contributed by atoms with E-state index < -0.39 is 41.1 Å². The quantitative estimate of drug-likeness (QED) is 0.170. The summed E-state index contributed by atoms with van der Waals surface area (Å²) in [5.41, 5.74) is -0.673. The van der Waals surface area contributed by atoms with Gasteiger partial charge in [0.25, 0.3) is 0 Å². The fourth-order valence-electron chi connectivity index (χ4n) is 7.85. The van der Waals surface area contributed by atoms with E-state index in [1.807, 2.05) is 51.1 Å². The van der Waals surface area contributed by atoms with Gasteiger partial charge in [-0.2, -0.15) is 0 Å². The van der Waals surface area contributed by atoms with E-state index in [1.165, 1.54) is 0 Å². The van der Waals surface area contributed by atoms with Gasteiger partial charge in [-0.05, 0) is 56.6 Å². The van der Waals surface area contributed by atoms with Crippen LogP contribution in [-0.4, -0.2) is 90.7 Å². The van der Waals surface area contributed by atoms with Crippen molar-refractivity contribution in [3.8, 4) is 0 Å². The van der Waals surface area contributed by atoms with E-state index in [2.05, 4.69) is 23.5 Å². The number of nitrogens with zero attached hydrogens (tertiary/aromatic N) is 5. The second kappa shape index (κ2) is 13.4. The van der Waals surface area contributed by atoms with Crippen molar-refractivity contribution in [2.45, 2.75) is 95.7 Å². The minimum atomic E-state index is -1.23. The molecule has 1 spiro atoms. The maximum Gasteiger partial charge on any atom is 0.312 e. The van der Waals surface area contributed by atoms with Crippen LogP contribution in [0.15, 0.2) is 49.6 Å². The monoisotopic (exact) mass is 621 g/mol. The van der Waals surface area contributed by atoms with Crippen molar-refractivity contribution < 1.29 is 29.0 Å². The first-order valence-electron chi connectivity index (χ1n) is 16.3. The first kappa shape index (κ1) is 32.8. The zero-order chi connectivity index (χ0) is 32.4. The largest absolute Gasteiger partial charge is 0.465 e.